The summed E-state index contributed by atoms with van der Waals surface area (Å²) in [6.45, 7) is 1.79. The van der Waals surface area contributed by atoms with Crippen LogP contribution in [0.1, 0.15) is 62.8 Å². The molecule has 1 heterocycles. The molecule has 1 aromatic heterocycles. The molecule has 0 aliphatic heterocycles. The highest BCUT2D eigenvalue weighted by molar-refractivity contribution is 7.89. The van der Waals surface area contributed by atoms with Gasteiger partial charge in [-0.3, -0.25) is 0 Å². The molecule has 0 bridgehead atoms. The maximum absolute atomic E-state index is 12.9. The molecular formula is C19H26N4O3S. The van der Waals surface area contributed by atoms with Gasteiger partial charge >= 0.3 is 0 Å². The molecule has 0 spiro atoms. The second-order valence-electron chi connectivity index (χ2n) is 7.87. The van der Waals surface area contributed by atoms with Crippen LogP contribution in [0.5, 0.6) is 0 Å². The third kappa shape index (κ3) is 3.66. The summed E-state index contributed by atoms with van der Waals surface area (Å²) in [4.78, 5) is 4.73. The van der Waals surface area contributed by atoms with E-state index in [1.807, 2.05) is 0 Å². The zero-order valence-corrected chi connectivity index (χ0v) is 16.4. The quantitative estimate of drug-likeness (QED) is 0.812. The molecule has 7 nitrogen and oxygen atoms in total. The standard InChI is InChI=1S/C19H26N4O3S/c1-13-8-9-14(12-16(13)27(24,25)23-15-6-2-3-7-15)17-21-18(22-26-17)19(20)10-4-5-11-19/h8-9,12,15,23H,2-7,10-11,20H2,1H3. The molecule has 0 radical (unpaired) electrons. The number of benzene rings is 1. The third-order valence-corrected chi connectivity index (χ3v) is 7.43. The number of nitrogens with one attached hydrogen (secondary N) is 1. The Morgan fingerprint density at radius 2 is 1.89 bits per heavy atom. The fourth-order valence-corrected chi connectivity index (χ4v) is 5.70. The van der Waals surface area contributed by atoms with Gasteiger partial charge in [0.25, 0.3) is 5.89 Å². The first-order valence-corrected chi connectivity index (χ1v) is 11.1. The van der Waals surface area contributed by atoms with Gasteiger partial charge in [0.1, 0.15) is 0 Å². The van der Waals surface area contributed by atoms with Gasteiger partial charge in [-0.2, -0.15) is 4.98 Å². The van der Waals surface area contributed by atoms with Crippen molar-refractivity contribution in [3.05, 3.63) is 29.6 Å². The van der Waals surface area contributed by atoms with Crippen LogP contribution in [0.25, 0.3) is 11.5 Å². The van der Waals surface area contributed by atoms with E-state index in [1.165, 1.54) is 0 Å². The van der Waals surface area contributed by atoms with Crippen LogP contribution < -0.4 is 10.5 Å². The van der Waals surface area contributed by atoms with Crippen molar-refractivity contribution in [2.75, 3.05) is 0 Å². The van der Waals surface area contributed by atoms with Crippen LogP contribution in [-0.2, 0) is 15.6 Å². The normalized spacial score (nSPS) is 20.4. The summed E-state index contributed by atoms with van der Waals surface area (Å²) in [6.07, 6.45) is 7.71. The molecule has 0 amide bonds. The number of nitrogens with zero attached hydrogens (tertiary/aromatic N) is 2. The molecule has 146 valence electrons. The lowest BCUT2D eigenvalue weighted by Crippen LogP contribution is -2.34. The third-order valence-electron chi connectivity index (χ3n) is 5.77. The highest BCUT2D eigenvalue weighted by Crippen LogP contribution is 2.35. The summed E-state index contributed by atoms with van der Waals surface area (Å²) in [5.74, 6) is 0.808. The molecule has 1 aromatic carbocycles. The number of sulfonamides is 1. The summed E-state index contributed by atoms with van der Waals surface area (Å²) < 4.78 is 34.0. The second-order valence-corrected chi connectivity index (χ2v) is 9.55. The molecule has 0 unspecified atom stereocenters. The van der Waals surface area contributed by atoms with Gasteiger partial charge in [-0.15, -0.1) is 0 Å². The van der Waals surface area contributed by atoms with Crippen LogP contribution in [0, 0.1) is 6.92 Å². The molecule has 2 aromatic rings. The van der Waals surface area contributed by atoms with Gasteiger partial charge in [0.05, 0.1) is 10.4 Å². The summed E-state index contributed by atoms with van der Waals surface area (Å²) >= 11 is 0. The largest absolute Gasteiger partial charge is 0.334 e. The minimum absolute atomic E-state index is 0.0209. The van der Waals surface area contributed by atoms with Crippen molar-refractivity contribution < 1.29 is 12.9 Å². The summed E-state index contributed by atoms with van der Waals surface area (Å²) in [5.41, 5.74) is 7.14. The van der Waals surface area contributed by atoms with E-state index in [2.05, 4.69) is 14.9 Å². The first kappa shape index (κ1) is 18.6. The summed E-state index contributed by atoms with van der Waals surface area (Å²) in [5, 5.41) is 4.07. The van der Waals surface area contributed by atoms with E-state index in [1.54, 1.807) is 25.1 Å². The predicted molar refractivity (Wildman–Crippen MR) is 101 cm³/mol. The zero-order chi connectivity index (χ0) is 19.1. The van der Waals surface area contributed by atoms with Crippen molar-refractivity contribution in [3.8, 4) is 11.5 Å². The van der Waals surface area contributed by atoms with Crippen molar-refractivity contribution in [3.63, 3.8) is 0 Å². The SMILES string of the molecule is Cc1ccc(-c2nc(C3(N)CCCC3)no2)cc1S(=O)(=O)NC1CCCC1. The predicted octanol–water partition coefficient (Wildman–Crippen LogP) is 2.99. The monoisotopic (exact) mass is 390 g/mol. The molecule has 2 fully saturated rings. The number of aryl methyl sites for hydroxylation is 1. The number of nitrogens with two attached hydrogens (primary N) is 1. The summed E-state index contributed by atoms with van der Waals surface area (Å²) in [7, 11) is -3.59. The second kappa shape index (κ2) is 7.00. The summed E-state index contributed by atoms with van der Waals surface area (Å²) in [6, 6.07) is 5.21. The lowest BCUT2D eigenvalue weighted by Gasteiger charge is -2.17. The molecule has 0 atom stereocenters. The van der Waals surface area contributed by atoms with Gasteiger partial charge in [0.2, 0.25) is 10.0 Å². The van der Waals surface area contributed by atoms with E-state index in [-0.39, 0.29) is 10.9 Å². The van der Waals surface area contributed by atoms with Crippen molar-refractivity contribution >= 4 is 10.0 Å². The van der Waals surface area contributed by atoms with Gasteiger partial charge in [-0.25, -0.2) is 13.1 Å². The Labute approximate surface area is 159 Å². The molecule has 27 heavy (non-hydrogen) atoms. The topological polar surface area (TPSA) is 111 Å². The fraction of sp³-hybridized carbons (Fsp3) is 0.579. The van der Waals surface area contributed by atoms with Gasteiger partial charge in [-0.1, -0.05) is 36.9 Å². The molecular weight excluding hydrogens is 364 g/mol. The van der Waals surface area contributed by atoms with E-state index in [9.17, 15) is 8.42 Å². The molecule has 8 heteroatoms. The van der Waals surface area contributed by atoms with E-state index < -0.39 is 15.6 Å². The van der Waals surface area contributed by atoms with E-state index >= 15 is 0 Å². The Kier molecular flexibility index (Phi) is 4.82. The first-order valence-electron chi connectivity index (χ1n) is 9.64. The van der Waals surface area contributed by atoms with Crippen LogP contribution in [0.15, 0.2) is 27.6 Å². The molecule has 2 aliphatic rings. The van der Waals surface area contributed by atoms with Crippen molar-refractivity contribution in [2.24, 2.45) is 5.73 Å². The van der Waals surface area contributed by atoms with E-state index in [4.69, 9.17) is 10.3 Å². The van der Waals surface area contributed by atoms with Crippen LogP contribution in [0.4, 0.5) is 0 Å². The Hall–Kier alpha value is -1.77. The van der Waals surface area contributed by atoms with Crippen LogP contribution >= 0.6 is 0 Å². The Bertz CT molecular complexity index is 926. The van der Waals surface area contributed by atoms with E-state index in [0.717, 1.165) is 51.4 Å². The fourth-order valence-electron chi connectivity index (χ4n) is 4.12. The average Bonchev–Trinajstić information content (AvgIpc) is 3.36. The minimum atomic E-state index is -3.59. The lowest BCUT2D eigenvalue weighted by molar-refractivity contribution is 0.372. The van der Waals surface area contributed by atoms with Gasteiger partial charge in [-0.05, 0) is 50.3 Å². The minimum Gasteiger partial charge on any atom is -0.334 e. The Morgan fingerprint density at radius 1 is 1.19 bits per heavy atom. The molecule has 3 N–H and O–H groups in total. The Balaban J connectivity index is 1.63. The maximum Gasteiger partial charge on any atom is 0.258 e. The number of rotatable bonds is 5. The van der Waals surface area contributed by atoms with Crippen molar-refractivity contribution in [1.29, 1.82) is 0 Å². The Morgan fingerprint density at radius 3 is 2.59 bits per heavy atom. The highest BCUT2D eigenvalue weighted by atomic mass is 32.2. The molecule has 4 rings (SSSR count). The van der Waals surface area contributed by atoms with Crippen molar-refractivity contribution in [2.45, 2.75) is 74.8 Å². The molecule has 0 saturated heterocycles. The maximum atomic E-state index is 12.9. The number of hydrogen-bond donors (Lipinski definition) is 2. The van der Waals surface area contributed by atoms with E-state index in [0.29, 0.717) is 22.8 Å². The van der Waals surface area contributed by atoms with Gasteiger partial charge < -0.3 is 10.3 Å². The number of hydrogen-bond acceptors (Lipinski definition) is 6. The van der Waals surface area contributed by atoms with Gasteiger partial charge in [0.15, 0.2) is 5.82 Å². The van der Waals surface area contributed by atoms with Crippen LogP contribution in [0.3, 0.4) is 0 Å². The lowest BCUT2D eigenvalue weighted by atomic mass is 9.99. The zero-order valence-electron chi connectivity index (χ0n) is 15.6. The molecule has 2 aliphatic carbocycles. The van der Waals surface area contributed by atoms with Crippen LogP contribution in [0.2, 0.25) is 0 Å². The van der Waals surface area contributed by atoms with Crippen molar-refractivity contribution in [1.82, 2.24) is 14.9 Å². The highest BCUT2D eigenvalue weighted by Gasteiger charge is 2.36. The van der Waals surface area contributed by atoms with Gasteiger partial charge in [0, 0.05) is 11.6 Å². The first-order chi connectivity index (χ1) is 12.9. The molecule has 2 saturated carbocycles. The number of aromatic nitrogens is 2. The average molecular weight is 391 g/mol. The smallest absolute Gasteiger partial charge is 0.258 e. The van der Waals surface area contributed by atoms with Crippen LogP contribution in [-0.4, -0.2) is 24.6 Å².